The lowest BCUT2D eigenvalue weighted by molar-refractivity contribution is -0.132. The lowest BCUT2D eigenvalue weighted by Gasteiger charge is -2.32. The number of piperidine rings is 1. The number of carbonyl (C=O) groups excluding carboxylic acids is 1. The topological polar surface area (TPSA) is 64.5 Å². The Morgan fingerprint density at radius 3 is 2.60 bits per heavy atom. The number of amides is 1. The van der Waals surface area contributed by atoms with E-state index in [0.717, 1.165) is 43.7 Å². The molecule has 3 rings (SSSR count). The summed E-state index contributed by atoms with van der Waals surface area (Å²) in [5.41, 5.74) is 1.15. The summed E-state index contributed by atoms with van der Waals surface area (Å²) in [6, 6.07) is 7.87. The van der Waals surface area contributed by atoms with Crippen LogP contribution < -0.4 is 9.47 Å². The molecule has 0 atom stereocenters. The highest BCUT2D eigenvalue weighted by Gasteiger charge is 2.23. The third kappa shape index (κ3) is 4.92. The standard InChI is InChI=1S/C19H23N3O3/c1-24-16-5-2-15(3-6-16)4-7-19(23)22-12-8-17(9-13-22)25-18-14-20-10-11-21-18/h2-3,5-6,10-11,14,17H,4,7-9,12-13H2,1H3. The van der Waals surface area contributed by atoms with Crippen molar-refractivity contribution in [2.45, 2.75) is 31.8 Å². The fraction of sp³-hybridized carbons (Fsp3) is 0.421. The Bertz CT molecular complexity index is 668. The van der Waals surface area contributed by atoms with E-state index < -0.39 is 0 Å². The molecule has 0 bridgehead atoms. The summed E-state index contributed by atoms with van der Waals surface area (Å²) in [5, 5.41) is 0. The minimum Gasteiger partial charge on any atom is -0.497 e. The molecule has 6 nitrogen and oxygen atoms in total. The summed E-state index contributed by atoms with van der Waals surface area (Å²) in [6.45, 7) is 1.46. The van der Waals surface area contributed by atoms with Crippen molar-refractivity contribution in [3.8, 4) is 11.6 Å². The molecule has 0 radical (unpaired) electrons. The number of hydrogen-bond donors (Lipinski definition) is 0. The smallest absolute Gasteiger partial charge is 0.232 e. The van der Waals surface area contributed by atoms with Gasteiger partial charge in [0.2, 0.25) is 11.8 Å². The zero-order valence-corrected chi connectivity index (χ0v) is 14.4. The van der Waals surface area contributed by atoms with Crippen LogP contribution in [-0.4, -0.2) is 47.1 Å². The first-order valence-corrected chi connectivity index (χ1v) is 8.58. The van der Waals surface area contributed by atoms with Gasteiger partial charge in [0.05, 0.1) is 13.3 Å². The maximum absolute atomic E-state index is 12.4. The molecule has 2 heterocycles. The van der Waals surface area contributed by atoms with E-state index in [1.807, 2.05) is 29.2 Å². The van der Waals surface area contributed by atoms with Crippen LogP contribution in [-0.2, 0) is 11.2 Å². The Labute approximate surface area is 147 Å². The Kier molecular flexibility index (Phi) is 5.82. The molecule has 1 saturated heterocycles. The molecule has 1 amide bonds. The molecule has 1 aromatic carbocycles. The molecule has 1 aromatic heterocycles. The van der Waals surface area contributed by atoms with Crippen LogP contribution in [0.3, 0.4) is 0 Å². The number of hydrogen-bond acceptors (Lipinski definition) is 5. The Morgan fingerprint density at radius 1 is 1.20 bits per heavy atom. The molecule has 1 fully saturated rings. The number of nitrogens with zero attached hydrogens (tertiary/aromatic N) is 3. The average Bonchev–Trinajstić information content (AvgIpc) is 2.68. The third-order valence-electron chi connectivity index (χ3n) is 4.41. The van der Waals surface area contributed by atoms with Crippen molar-refractivity contribution in [2.24, 2.45) is 0 Å². The van der Waals surface area contributed by atoms with E-state index in [1.54, 1.807) is 25.7 Å². The van der Waals surface area contributed by atoms with Crippen molar-refractivity contribution >= 4 is 5.91 Å². The number of aromatic nitrogens is 2. The van der Waals surface area contributed by atoms with Gasteiger partial charge in [-0.25, -0.2) is 4.98 Å². The van der Waals surface area contributed by atoms with Gasteiger partial charge in [-0.3, -0.25) is 9.78 Å². The van der Waals surface area contributed by atoms with Gasteiger partial charge in [0.25, 0.3) is 0 Å². The van der Waals surface area contributed by atoms with Gasteiger partial charge in [-0.05, 0) is 24.1 Å². The van der Waals surface area contributed by atoms with Crippen molar-refractivity contribution in [2.75, 3.05) is 20.2 Å². The molecular weight excluding hydrogens is 318 g/mol. The van der Waals surface area contributed by atoms with Gasteiger partial charge in [-0.2, -0.15) is 0 Å². The van der Waals surface area contributed by atoms with Gasteiger partial charge in [0, 0.05) is 44.7 Å². The molecule has 6 heteroatoms. The van der Waals surface area contributed by atoms with Crippen molar-refractivity contribution in [3.63, 3.8) is 0 Å². The number of methoxy groups -OCH3 is 1. The van der Waals surface area contributed by atoms with E-state index in [1.165, 1.54) is 0 Å². The van der Waals surface area contributed by atoms with Gasteiger partial charge < -0.3 is 14.4 Å². The normalized spacial score (nSPS) is 15.0. The molecule has 0 N–H and O–H groups in total. The van der Waals surface area contributed by atoms with E-state index in [9.17, 15) is 4.79 Å². The van der Waals surface area contributed by atoms with Gasteiger partial charge in [-0.15, -0.1) is 0 Å². The minimum absolute atomic E-state index is 0.0994. The maximum Gasteiger partial charge on any atom is 0.232 e. The molecular formula is C19H23N3O3. The first-order valence-electron chi connectivity index (χ1n) is 8.58. The highest BCUT2D eigenvalue weighted by molar-refractivity contribution is 5.76. The highest BCUT2D eigenvalue weighted by atomic mass is 16.5. The first kappa shape index (κ1) is 17.2. The van der Waals surface area contributed by atoms with Crippen LogP contribution in [0.5, 0.6) is 11.6 Å². The van der Waals surface area contributed by atoms with Crippen molar-refractivity contribution in [3.05, 3.63) is 48.4 Å². The van der Waals surface area contributed by atoms with Gasteiger partial charge in [0.1, 0.15) is 11.9 Å². The Balaban J connectivity index is 1.41. The predicted molar refractivity (Wildman–Crippen MR) is 93.6 cm³/mol. The Morgan fingerprint density at radius 2 is 1.96 bits per heavy atom. The fourth-order valence-electron chi connectivity index (χ4n) is 2.94. The van der Waals surface area contributed by atoms with Crippen LogP contribution >= 0.6 is 0 Å². The van der Waals surface area contributed by atoms with Crippen LogP contribution in [0.25, 0.3) is 0 Å². The zero-order valence-electron chi connectivity index (χ0n) is 14.4. The van der Waals surface area contributed by atoms with E-state index >= 15 is 0 Å². The number of carbonyl (C=O) groups is 1. The van der Waals surface area contributed by atoms with Crippen LogP contribution in [0.2, 0.25) is 0 Å². The SMILES string of the molecule is COc1ccc(CCC(=O)N2CCC(Oc3cnccn3)CC2)cc1. The van der Waals surface area contributed by atoms with Crippen LogP contribution in [0.15, 0.2) is 42.9 Å². The molecule has 0 spiro atoms. The highest BCUT2D eigenvalue weighted by Crippen LogP contribution is 2.18. The lowest BCUT2D eigenvalue weighted by Crippen LogP contribution is -2.41. The minimum atomic E-state index is 0.0994. The second-order valence-electron chi connectivity index (χ2n) is 6.09. The molecule has 2 aromatic rings. The van der Waals surface area contributed by atoms with Crippen LogP contribution in [0.4, 0.5) is 0 Å². The summed E-state index contributed by atoms with van der Waals surface area (Å²) < 4.78 is 11.0. The van der Waals surface area contributed by atoms with E-state index in [-0.39, 0.29) is 12.0 Å². The van der Waals surface area contributed by atoms with Crippen molar-refractivity contribution in [1.29, 1.82) is 0 Å². The molecule has 0 aliphatic carbocycles. The second-order valence-corrected chi connectivity index (χ2v) is 6.09. The van der Waals surface area contributed by atoms with Gasteiger partial charge >= 0.3 is 0 Å². The summed E-state index contributed by atoms with van der Waals surface area (Å²) in [7, 11) is 1.65. The van der Waals surface area contributed by atoms with Gasteiger partial charge in [0.15, 0.2) is 0 Å². The van der Waals surface area contributed by atoms with Crippen molar-refractivity contribution in [1.82, 2.24) is 14.9 Å². The monoisotopic (exact) mass is 341 g/mol. The molecule has 25 heavy (non-hydrogen) atoms. The molecule has 1 aliphatic rings. The molecule has 0 saturated carbocycles. The lowest BCUT2D eigenvalue weighted by atomic mass is 10.1. The van der Waals surface area contributed by atoms with Crippen molar-refractivity contribution < 1.29 is 14.3 Å². The largest absolute Gasteiger partial charge is 0.497 e. The van der Waals surface area contributed by atoms with Gasteiger partial charge in [-0.1, -0.05) is 12.1 Å². The maximum atomic E-state index is 12.4. The Hall–Kier alpha value is -2.63. The number of benzene rings is 1. The summed E-state index contributed by atoms with van der Waals surface area (Å²) in [4.78, 5) is 22.5. The quantitative estimate of drug-likeness (QED) is 0.808. The molecule has 0 unspecified atom stereocenters. The summed E-state index contributed by atoms with van der Waals surface area (Å²) in [5.74, 6) is 1.58. The number of rotatable bonds is 6. The molecule has 132 valence electrons. The summed E-state index contributed by atoms with van der Waals surface area (Å²) >= 11 is 0. The predicted octanol–water partition coefficient (Wildman–Crippen LogP) is 2.49. The van der Waals surface area contributed by atoms with E-state index in [2.05, 4.69) is 9.97 Å². The zero-order chi connectivity index (χ0) is 17.5. The summed E-state index contributed by atoms with van der Waals surface area (Å²) in [6.07, 6.45) is 7.88. The van der Waals surface area contributed by atoms with Crippen LogP contribution in [0, 0.1) is 0 Å². The third-order valence-corrected chi connectivity index (χ3v) is 4.41. The van der Waals surface area contributed by atoms with Crippen LogP contribution in [0.1, 0.15) is 24.8 Å². The first-order chi connectivity index (χ1) is 12.2. The molecule has 1 aliphatic heterocycles. The number of aryl methyl sites for hydroxylation is 1. The van der Waals surface area contributed by atoms with E-state index in [0.29, 0.717) is 12.3 Å². The van der Waals surface area contributed by atoms with E-state index in [4.69, 9.17) is 9.47 Å². The second kappa shape index (κ2) is 8.46. The number of ether oxygens (including phenoxy) is 2. The average molecular weight is 341 g/mol. The fourth-order valence-corrected chi connectivity index (χ4v) is 2.94. The number of likely N-dealkylation sites (tertiary alicyclic amines) is 1.